The first-order chi connectivity index (χ1) is 11.8. The zero-order valence-electron chi connectivity index (χ0n) is 14.7. The number of benzene rings is 1. The number of halogens is 4. The molecule has 1 unspecified atom stereocenters. The summed E-state index contributed by atoms with van der Waals surface area (Å²) in [6.07, 6.45) is 5.23. The summed E-state index contributed by atoms with van der Waals surface area (Å²) in [4.78, 5) is 0. The minimum absolute atomic E-state index is 0.514. The Balaban J connectivity index is 1.57. The highest BCUT2D eigenvalue weighted by Gasteiger charge is 2.33. The van der Waals surface area contributed by atoms with E-state index in [0.29, 0.717) is 12.3 Å². The monoisotopic (exact) mass is 358 g/mol. The molecule has 0 heterocycles. The zero-order valence-corrected chi connectivity index (χ0v) is 14.7. The first-order valence-electron chi connectivity index (χ1n) is 9.37. The van der Waals surface area contributed by atoms with E-state index in [1.165, 1.54) is 44.2 Å². The number of hydrogen-bond acceptors (Lipinski definition) is 1. The molecule has 0 spiro atoms. The highest BCUT2D eigenvalue weighted by molar-refractivity contribution is 5.39. The van der Waals surface area contributed by atoms with Crippen LogP contribution in [0.4, 0.5) is 17.6 Å². The van der Waals surface area contributed by atoms with Gasteiger partial charge in [0, 0.05) is 0 Å². The van der Waals surface area contributed by atoms with Crippen LogP contribution in [0.15, 0.2) is 12.1 Å². The molecule has 1 fully saturated rings. The lowest BCUT2D eigenvalue weighted by Gasteiger charge is -2.29. The van der Waals surface area contributed by atoms with Crippen molar-refractivity contribution in [3.63, 3.8) is 0 Å². The Bertz CT molecular complexity index is 588. The molecule has 0 aliphatic heterocycles. The second-order valence-corrected chi connectivity index (χ2v) is 7.91. The van der Waals surface area contributed by atoms with Crippen molar-refractivity contribution in [2.45, 2.75) is 71.1 Å². The molecule has 140 valence electrons. The molecule has 2 aliphatic carbocycles. The zero-order chi connectivity index (χ0) is 18.0. The minimum atomic E-state index is -4.86. The molecule has 0 radical (unpaired) electrons. The number of aryl methyl sites for hydroxylation is 1. The van der Waals surface area contributed by atoms with Gasteiger partial charge in [-0.3, -0.25) is 0 Å². The van der Waals surface area contributed by atoms with Gasteiger partial charge in [-0.2, -0.15) is 0 Å². The van der Waals surface area contributed by atoms with Crippen LogP contribution in [0, 0.1) is 23.6 Å². The Hall–Kier alpha value is -1.26. The minimum Gasteiger partial charge on any atom is -0.403 e. The van der Waals surface area contributed by atoms with E-state index in [1.807, 2.05) is 0 Å². The fourth-order valence-corrected chi connectivity index (χ4v) is 4.37. The van der Waals surface area contributed by atoms with Crippen LogP contribution in [-0.4, -0.2) is 6.36 Å². The maximum Gasteiger partial charge on any atom is 0.573 e. The second kappa shape index (κ2) is 7.55. The van der Waals surface area contributed by atoms with Crippen molar-refractivity contribution in [2.75, 3.05) is 0 Å². The van der Waals surface area contributed by atoms with Crippen molar-refractivity contribution in [1.82, 2.24) is 0 Å². The molecule has 1 aromatic carbocycles. The van der Waals surface area contributed by atoms with E-state index in [2.05, 4.69) is 11.7 Å². The molecule has 25 heavy (non-hydrogen) atoms. The Morgan fingerprint density at radius 1 is 0.960 bits per heavy atom. The van der Waals surface area contributed by atoms with E-state index in [9.17, 15) is 17.6 Å². The summed E-state index contributed by atoms with van der Waals surface area (Å²) >= 11 is 0. The Morgan fingerprint density at radius 2 is 1.64 bits per heavy atom. The van der Waals surface area contributed by atoms with Gasteiger partial charge in [-0.1, -0.05) is 39.0 Å². The largest absolute Gasteiger partial charge is 0.573 e. The third-order valence-corrected chi connectivity index (χ3v) is 5.93. The van der Waals surface area contributed by atoms with Crippen molar-refractivity contribution in [2.24, 2.45) is 17.8 Å². The quantitative estimate of drug-likeness (QED) is 0.563. The summed E-state index contributed by atoms with van der Waals surface area (Å²) in [5, 5.41) is 0. The maximum absolute atomic E-state index is 13.9. The molecule has 3 rings (SSSR count). The van der Waals surface area contributed by atoms with Crippen LogP contribution >= 0.6 is 0 Å². The van der Waals surface area contributed by atoms with Crippen molar-refractivity contribution in [3.05, 3.63) is 29.1 Å². The van der Waals surface area contributed by atoms with E-state index in [1.54, 1.807) is 0 Å². The van der Waals surface area contributed by atoms with Crippen LogP contribution in [0.2, 0.25) is 0 Å². The normalized spacial score (nSPS) is 27.0. The van der Waals surface area contributed by atoms with Gasteiger partial charge in [0.2, 0.25) is 0 Å². The van der Waals surface area contributed by atoms with Gasteiger partial charge in [0.25, 0.3) is 0 Å². The summed E-state index contributed by atoms with van der Waals surface area (Å²) in [5.74, 6) is 0.561. The highest BCUT2D eigenvalue weighted by atomic mass is 19.4. The number of alkyl halides is 3. The van der Waals surface area contributed by atoms with E-state index >= 15 is 0 Å². The van der Waals surface area contributed by atoms with Crippen molar-refractivity contribution >= 4 is 0 Å². The number of hydrogen-bond donors (Lipinski definition) is 0. The average Bonchev–Trinajstić information content (AvgIpc) is 2.54. The molecule has 0 aromatic heterocycles. The first kappa shape index (κ1) is 18.5. The van der Waals surface area contributed by atoms with Crippen molar-refractivity contribution in [1.29, 1.82) is 0 Å². The van der Waals surface area contributed by atoms with Gasteiger partial charge in [-0.15, -0.1) is 13.2 Å². The lowest BCUT2D eigenvalue weighted by atomic mass is 9.76. The topological polar surface area (TPSA) is 9.23 Å². The molecule has 0 N–H and O–H groups in total. The van der Waals surface area contributed by atoms with Crippen LogP contribution in [0.3, 0.4) is 0 Å². The smallest absolute Gasteiger partial charge is 0.403 e. The van der Waals surface area contributed by atoms with Crippen molar-refractivity contribution < 1.29 is 22.3 Å². The molecule has 1 atom stereocenters. The fourth-order valence-electron chi connectivity index (χ4n) is 4.37. The van der Waals surface area contributed by atoms with E-state index in [-0.39, 0.29) is 0 Å². The van der Waals surface area contributed by atoms with E-state index < -0.39 is 17.9 Å². The molecular formula is C20H26F4O. The lowest BCUT2D eigenvalue weighted by molar-refractivity contribution is -0.275. The average molecular weight is 358 g/mol. The van der Waals surface area contributed by atoms with Gasteiger partial charge < -0.3 is 4.74 Å². The van der Waals surface area contributed by atoms with Gasteiger partial charge in [-0.05, 0) is 66.7 Å². The van der Waals surface area contributed by atoms with Gasteiger partial charge in [0.05, 0.1) is 0 Å². The van der Waals surface area contributed by atoms with Crippen LogP contribution in [-0.2, 0) is 12.8 Å². The summed E-state index contributed by atoms with van der Waals surface area (Å²) in [6, 6.07) is 2.47. The van der Waals surface area contributed by atoms with Crippen LogP contribution in [0.1, 0.15) is 63.0 Å². The third kappa shape index (κ3) is 5.11. The fraction of sp³-hybridized carbons (Fsp3) is 0.700. The molecule has 0 amide bonds. The number of fused-ring (bicyclic) bond motifs is 1. The summed E-state index contributed by atoms with van der Waals surface area (Å²) in [6.45, 7) is 2.32. The van der Waals surface area contributed by atoms with Gasteiger partial charge in [0.15, 0.2) is 11.6 Å². The van der Waals surface area contributed by atoms with Crippen LogP contribution < -0.4 is 4.74 Å². The maximum atomic E-state index is 13.9. The van der Waals surface area contributed by atoms with Crippen LogP contribution in [0.25, 0.3) is 0 Å². The Morgan fingerprint density at radius 3 is 2.32 bits per heavy atom. The molecule has 1 nitrogen and oxygen atoms in total. The SMILES string of the molecule is CC1CCC(CCC2CCc3cc(OC(F)(F)F)c(F)cc3C2)CC1. The van der Waals surface area contributed by atoms with E-state index in [0.717, 1.165) is 42.2 Å². The first-order valence-corrected chi connectivity index (χ1v) is 9.37. The number of ether oxygens (including phenoxy) is 1. The molecule has 0 saturated heterocycles. The molecule has 0 bridgehead atoms. The van der Waals surface area contributed by atoms with Gasteiger partial charge in [0.1, 0.15) is 0 Å². The molecule has 1 aromatic rings. The van der Waals surface area contributed by atoms with E-state index in [4.69, 9.17) is 0 Å². The Kier molecular flexibility index (Phi) is 5.59. The molecule has 1 saturated carbocycles. The molecular weight excluding hydrogens is 332 g/mol. The summed E-state index contributed by atoms with van der Waals surface area (Å²) in [7, 11) is 0. The predicted molar refractivity (Wildman–Crippen MR) is 89.0 cm³/mol. The highest BCUT2D eigenvalue weighted by Crippen LogP contribution is 2.37. The number of rotatable bonds is 4. The predicted octanol–water partition coefficient (Wildman–Crippen LogP) is 6.44. The van der Waals surface area contributed by atoms with Crippen molar-refractivity contribution in [3.8, 4) is 5.75 Å². The standard InChI is InChI=1S/C20H26F4O/c1-13-2-4-14(5-3-13)6-7-15-8-9-16-12-19(25-20(22,23)24)18(21)11-17(16)10-15/h11-15H,2-10H2,1H3. The van der Waals surface area contributed by atoms with Gasteiger partial charge >= 0.3 is 6.36 Å². The summed E-state index contributed by atoms with van der Waals surface area (Å²) < 4.78 is 54.7. The van der Waals surface area contributed by atoms with Gasteiger partial charge in [-0.25, -0.2) is 4.39 Å². The second-order valence-electron chi connectivity index (χ2n) is 7.91. The Labute approximate surface area is 146 Å². The summed E-state index contributed by atoms with van der Waals surface area (Å²) in [5.41, 5.74) is 1.64. The molecule has 5 heteroatoms. The van der Waals surface area contributed by atoms with Crippen LogP contribution in [0.5, 0.6) is 5.75 Å². The molecule has 2 aliphatic rings. The lowest BCUT2D eigenvalue weighted by Crippen LogP contribution is -2.20. The third-order valence-electron chi connectivity index (χ3n) is 5.93.